The van der Waals surface area contributed by atoms with Gasteiger partial charge in [-0.3, -0.25) is 10.5 Å². The van der Waals surface area contributed by atoms with E-state index in [1.54, 1.807) is 24.3 Å². The van der Waals surface area contributed by atoms with E-state index in [2.05, 4.69) is 0 Å². The number of hydrogen-bond acceptors (Lipinski definition) is 3. The number of nitrogens with two attached hydrogens (primary N) is 1. The van der Waals surface area contributed by atoms with Crippen LogP contribution in [0.2, 0.25) is 0 Å². The second-order valence-electron chi connectivity index (χ2n) is 3.54. The topological polar surface area (TPSA) is 83.5 Å². The van der Waals surface area contributed by atoms with E-state index < -0.39 is 11.7 Å². The third-order valence-electron chi connectivity index (χ3n) is 2.22. The Kier molecular flexibility index (Phi) is 3.82. The van der Waals surface area contributed by atoms with Gasteiger partial charge >= 0.3 is 5.97 Å². The maximum absolute atomic E-state index is 10.3. The molecule has 1 unspecified atom stereocenters. The van der Waals surface area contributed by atoms with Crippen LogP contribution in [0.15, 0.2) is 30.3 Å². The Morgan fingerprint density at radius 2 is 1.93 bits per heavy atom. The van der Waals surface area contributed by atoms with Gasteiger partial charge in [-0.2, -0.15) is 0 Å². The fraction of sp³-hybridized carbons (Fsp3) is 0.364. The van der Waals surface area contributed by atoms with Crippen LogP contribution in [0.1, 0.15) is 24.8 Å². The highest BCUT2D eigenvalue weighted by molar-refractivity contribution is 5.66. The molecule has 4 heteroatoms. The molecule has 0 aromatic heterocycles. The van der Waals surface area contributed by atoms with Crippen molar-refractivity contribution in [3.8, 4) is 0 Å². The number of carboxylic acids is 1. The van der Waals surface area contributed by atoms with Crippen molar-refractivity contribution in [1.29, 1.82) is 0 Å². The van der Waals surface area contributed by atoms with Crippen molar-refractivity contribution in [2.24, 2.45) is 5.73 Å². The molecule has 0 aliphatic heterocycles. The average molecular weight is 209 g/mol. The predicted octanol–water partition coefficient (Wildman–Crippen LogP) is 1.05. The Labute approximate surface area is 88.3 Å². The summed E-state index contributed by atoms with van der Waals surface area (Å²) in [6, 6.07) is 8.84. The Morgan fingerprint density at radius 1 is 1.33 bits per heavy atom. The number of aliphatic carboxylic acids is 1. The molecule has 0 saturated heterocycles. The highest BCUT2D eigenvalue weighted by Gasteiger charge is 2.22. The molecule has 0 saturated carbocycles. The minimum absolute atomic E-state index is 0.0202. The molecule has 0 aliphatic rings. The smallest absolute Gasteiger partial charge is 0.303 e. The van der Waals surface area contributed by atoms with Crippen LogP contribution in [0.25, 0.3) is 0 Å². The fourth-order valence-electron chi connectivity index (χ4n) is 1.38. The number of aliphatic hydroxyl groups is 1. The summed E-state index contributed by atoms with van der Waals surface area (Å²) in [5.41, 5.74) is 4.86. The number of carbonyl (C=O) groups is 1. The van der Waals surface area contributed by atoms with E-state index >= 15 is 0 Å². The fourth-order valence-corrected chi connectivity index (χ4v) is 1.38. The van der Waals surface area contributed by atoms with Gasteiger partial charge in [0.2, 0.25) is 0 Å². The summed E-state index contributed by atoms with van der Waals surface area (Å²) in [6.07, 6.45) is 0.618. The molecule has 0 fully saturated rings. The van der Waals surface area contributed by atoms with Crippen LogP contribution in [0.4, 0.5) is 0 Å². The van der Waals surface area contributed by atoms with Gasteiger partial charge in [-0.25, -0.2) is 0 Å². The molecule has 1 aromatic carbocycles. The summed E-state index contributed by atoms with van der Waals surface area (Å²) in [5.74, 6) is -0.876. The highest BCUT2D eigenvalue weighted by Crippen LogP contribution is 2.20. The van der Waals surface area contributed by atoms with Crippen LogP contribution < -0.4 is 5.73 Å². The second-order valence-corrected chi connectivity index (χ2v) is 3.54. The number of hydrogen-bond donors (Lipinski definition) is 3. The van der Waals surface area contributed by atoms with Gasteiger partial charge < -0.3 is 10.2 Å². The molecular weight excluding hydrogens is 194 g/mol. The normalized spacial score (nSPS) is 14.5. The van der Waals surface area contributed by atoms with Crippen LogP contribution >= 0.6 is 0 Å². The maximum Gasteiger partial charge on any atom is 0.303 e. The van der Waals surface area contributed by atoms with Crippen LogP contribution in [0.3, 0.4) is 0 Å². The first kappa shape index (κ1) is 11.7. The van der Waals surface area contributed by atoms with Crippen molar-refractivity contribution in [1.82, 2.24) is 0 Å². The summed E-state index contributed by atoms with van der Waals surface area (Å²) in [6.45, 7) is 0. The van der Waals surface area contributed by atoms with Crippen LogP contribution in [0, 0.1) is 0 Å². The lowest BCUT2D eigenvalue weighted by molar-refractivity contribution is -0.137. The first-order valence-corrected chi connectivity index (χ1v) is 4.81. The van der Waals surface area contributed by atoms with Gasteiger partial charge in [0, 0.05) is 6.42 Å². The monoisotopic (exact) mass is 209 g/mol. The molecule has 4 N–H and O–H groups in total. The Bertz CT molecular complexity index is 322. The van der Waals surface area contributed by atoms with E-state index in [1.807, 2.05) is 6.07 Å². The molecule has 4 nitrogen and oxygen atoms in total. The molecule has 82 valence electrons. The van der Waals surface area contributed by atoms with Gasteiger partial charge in [0.15, 0.2) is 0 Å². The maximum atomic E-state index is 10.3. The zero-order valence-electron chi connectivity index (χ0n) is 8.39. The Morgan fingerprint density at radius 3 is 2.47 bits per heavy atom. The Hall–Kier alpha value is -1.39. The van der Waals surface area contributed by atoms with E-state index in [9.17, 15) is 9.90 Å². The van der Waals surface area contributed by atoms with E-state index in [-0.39, 0.29) is 12.8 Å². The molecule has 0 amide bonds. The molecule has 0 spiro atoms. The van der Waals surface area contributed by atoms with Crippen molar-refractivity contribution < 1.29 is 15.0 Å². The van der Waals surface area contributed by atoms with E-state index in [0.29, 0.717) is 12.0 Å². The zero-order valence-corrected chi connectivity index (χ0v) is 8.39. The van der Waals surface area contributed by atoms with Crippen molar-refractivity contribution >= 4 is 5.97 Å². The van der Waals surface area contributed by atoms with Crippen molar-refractivity contribution in [2.45, 2.75) is 25.0 Å². The number of carboxylic acid groups (broad SMARTS) is 1. The van der Waals surface area contributed by atoms with Crippen molar-refractivity contribution in [3.63, 3.8) is 0 Å². The lowest BCUT2D eigenvalue weighted by Gasteiger charge is -2.23. The molecule has 0 radical (unpaired) electrons. The van der Waals surface area contributed by atoms with Crippen LogP contribution in [-0.2, 0) is 10.5 Å². The SMILES string of the molecule is NC(O)(CCCC(=O)O)c1ccccc1. The Balaban J connectivity index is 2.56. The average Bonchev–Trinajstić information content (AvgIpc) is 2.18. The summed E-state index contributed by atoms with van der Waals surface area (Å²) in [4.78, 5) is 10.3. The summed E-state index contributed by atoms with van der Waals surface area (Å²) in [7, 11) is 0. The first-order chi connectivity index (χ1) is 7.02. The van der Waals surface area contributed by atoms with Gasteiger partial charge in [0.05, 0.1) is 0 Å². The molecule has 1 rings (SSSR count). The summed E-state index contributed by atoms with van der Waals surface area (Å²) in [5, 5.41) is 18.3. The highest BCUT2D eigenvalue weighted by atomic mass is 16.4. The second kappa shape index (κ2) is 4.91. The third-order valence-corrected chi connectivity index (χ3v) is 2.22. The molecule has 15 heavy (non-hydrogen) atoms. The summed E-state index contributed by atoms with van der Waals surface area (Å²) >= 11 is 0. The quantitative estimate of drug-likeness (QED) is 0.633. The van der Waals surface area contributed by atoms with Crippen LogP contribution in [-0.4, -0.2) is 16.2 Å². The third kappa shape index (κ3) is 3.69. The van der Waals surface area contributed by atoms with Gasteiger partial charge in [0.25, 0.3) is 0 Å². The van der Waals surface area contributed by atoms with Gasteiger partial charge in [-0.1, -0.05) is 30.3 Å². The standard InChI is InChI=1S/C11H15NO3/c12-11(15,8-4-7-10(13)14)9-5-2-1-3-6-9/h1-3,5-6,15H,4,7-8,12H2,(H,13,14). The first-order valence-electron chi connectivity index (χ1n) is 4.81. The van der Waals surface area contributed by atoms with Crippen molar-refractivity contribution in [2.75, 3.05) is 0 Å². The van der Waals surface area contributed by atoms with E-state index in [0.717, 1.165) is 0 Å². The number of rotatable bonds is 5. The van der Waals surface area contributed by atoms with Gasteiger partial charge in [-0.05, 0) is 18.4 Å². The molecule has 0 heterocycles. The molecule has 1 atom stereocenters. The molecular formula is C11H15NO3. The molecule has 0 aliphatic carbocycles. The lowest BCUT2D eigenvalue weighted by atomic mass is 9.98. The van der Waals surface area contributed by atoms with Crippen LogP contribution in [0.5, 0.6) is 0 Å². The minimum atomic E-state index is -1.43. The zero-order chi connectivity index (χ0) is 11.3. The van der Waals surface area contributed by atoms with E-state index in [4.69, 9.17) is 10.8 Å². The van der Waals surface area contributed by atoms with Crippen molar-refractivity contribution in [3.05, 3.63) is 35.9 Å². The lowest BCUT2D eigenvalue weighted by Crippen LogP contribution is -2.36. The number of benzene rings is 1. The van der Waals surface area contributed by atoms with Gasteiger partial charge in [0.1, 0.15) is 5.72 Å². The van der Waals surface area contributed by atoms with E-state index in [1.165, 1.54) is 0 Å². The molecule has 0 bridgehead atoms. The summed E-state index contributed by atoms with van der Waals surface area (Å²) < 4.78 is 0. The minimum Gasteiger partial charge on any atom is -0.481 e. The molecule has 1 aromatic rings. The predicted molar refractivity (Wildman–Crippen MR) is 56.0 cm³/mol. The largest absolute Gasteiger partial charge is 0.481 e. The van der Waals surface area contributed by atoms with Gasteiger partial charge in [-0.15, -0.1) is 0 Å².